The fourth-order valence-electron chi connectivity index (χ4n) is 2.50. The van der Waals surface area contributed by atoms with Crippen LogP contribution in [0.5, 0.6) is 0 Å². The molecule has 3 aromatic heterocycles. The zero-order chi connectivity index (χ0) is 19.6. The van der Waals surface area contributed by atoms with Crippen LogP contribution < -0.4 is 10.0 Å². The van der Waals surface area contributed by atoms with Gasteiger partial charge in [0.05, 0.1) is 9.48 Å². The van der Waals surface area contributed by atoms with Crippen LogP contribution in [0.25, 0.3) is 5.82 Å². The number of thiophene rings is 1. The molecule has 144 valence electrons. The third-order valence-corrected chi connectivity index (χ3v) is 7.16. The number of rotatable bonds is 7. The third kappa shape index (κ3) is 4.92. The van der Waals surface area contributed by atoms with E-state index in [-0.39, 0.29) is 10.8 Å². The fraction of sp³-hybridized carbons (Fsp3) is 0.312. The molecule has 0 amide bonds. The van der Waals surface area contributed by atoms with Crippen LogP contribution in [0, 0.1) is 20.8 Å². The largest absolute Gasteiger partial charge is 0.369 e. The van der Waals surface area contributed by atoms with E-state index in [1.165, 1.54) is 11.3 Å². The average molecular weight is 471 g/mol. The molecule has 11 heteroatoms. The molecule has 3 heterocycles. The average Bonchev–Trinajstić information content (AvgIpc) is 3.17. The number of hydrogen-bond acceptors (Lipinski definition) is 7. The molecule has 3 rings (SSSR count). The van der Waals surface area contributed by atoms with Gasteiger partial charge < -0.3 is 5.32 Å². The van der Waals surface area contributed by atoms with E-state index in [2.05, 4.69) is 41.0 Å². The summed E-state index contributed by atoms with van der Waals surface area (Å²) in [6.07, 6.45) is 0. The molecular formula is C16H19BrN6O2S2. The van der Waals surface area contributed by atoms with E-state index < -0.39 is 10.0 Å². The van der Waals surface area contributed by atoms with E-state index in [1.807, 2.05) is 19.9 Å². The Labute approximate surface area is 170 Å². The lowest BCUT2D eigenvalue weighted by Gasteiger charge is -2.10. The minimum Gasteiger partial charge on any atom is -0.369 e. The first kappa shape index (κ1) is 19.9. The highest BCUT2D eigenvalue weighted by Crippen LogP contribution is 2.25. The number of anilines is 1. The Morgan fingerprint density at radius 2 is 1.93 bits per heavy atom. The quantitative estimate of drug-likeness (QED) is 0.514. The second kappa shape index (κ2) is 8.05. The van der Waals surface area contributed by atoms with Gasteiger partial charge in [-0.1, -0.05) is 0 Å². The van der Waals surface area contributed by atoms with Crippen LogP contribution in [0.15, 0.2) is 32.3 Å². The number of nitrogens with zero attached hydrogens (tertiary/aromatic N) is 4. The highest BCUT2D eigenvalue weighted by Gasteiger charge is 2.15. The third-order valence-electron chi connectivity index (χ3n) is 3.59. The molecular weight excluding hydrogens is 452 g/mol. The van der Waals surface area contributed by atoms with E-state index in [0.717, 1.165) is 15.2 Å². The molecule has 0 saturated heterocycles. The molecule has 0 bridgehead atoms. The summed E-state index contributed by atoms with van der Waals surface area (Å²) in [6.45, 7) is 6.31. The van der Waals surface area contributed by atoms with Crippen LogP contribution in [0.4, 0.5) is 5.82 Å². The molecule has 0 unspecified atom stereocenters. The molecule has 0 aliphatic rings. The minimum atomic E-state index is -3.50. The molecule has 27 heavy (non-hydrogen) atoms. The number of nitrogens with one attached hydrogen (secondary N) is 2. The first-order valence-corrected chi connectivity index (χ1v) is 11.2. The first-order valence-electron chi connectivity index (χ1n) is 8.13. The summed E-state index contributed by atoms with van der Waals surface area (Å²) in [6, 6.07) is 7.04. The van der Waals surface area contributed by atoms with Crippen LogP contribution in [0.1, 0.15) is 17.2 Å². The van der Waals surface area contributed by atoms with Crippen LogP contribution in [0.2, 0.25) is 0 Å². The van der Waals surface area contributed by atoms with Gasteiger partial charge in [0.1, 0.15) is 15.9 Å². The van der Waals surface area contributed by atoms with Crippen molar-refractivity contribution < 1.29 is 8.42 Å². The van der Waals surface area contributed by atoms with Gasteiger partial charge in [-0.25, -0.2) is 27.8 Å². The zero-order valence-electron chi connectivity index (χ0n) is 15.0. The van der Waals surface area contributed by atoms with E-state index >= 15 is 0 Å². The van der Waals surface area contributed by atoms with Gasteiger partial charge in [0, 0.05) is 24.8 Å². The standard InChI is InChI=1S/C16H19BrN6O2S2/c1-10-8-11(2)23(22-10)15-9-14(20-12(3)21-15)18-6-7-19-27(24,25)16-5-4-13(17)26-16/h4-5,8-9,19H,6-7H2,1-3H3,(H,18,20,21). The summed E-state index contributed by atoms with van der Waals surface area (Å²) in [5.41, 5.74) is 1.89. The van der Waals surface area contributed by atoms with Crippen molar-refractivity contribution in [2.45, 2.75) is 25.0 Å². The highest BCUT2D eigenvalue weighted by molar-refractivity contribution is 9.11. The topological polar surface area (TPSA) is 102 Å². The normalized spacial score (nSPS) is 11.7. The Morgan fingerprint density at radius 3 is 2.56 bits per heavy atom. The van der Waals surface area contributed by atoms with Crippen molar-refractivity contribution in [2.75, 3.05) is 18.4 Å². The lowest BCUT2D eigenvalue weighted by molar-refractivity contribution is 0.585. The lowest BCUT2D eigenvalue weighted by atomic mass is 10.4. The number of sulfonamides is 1. The van der Waals surface area contributed by atoms with Crippen molar-refractivity contribution in [3.05, 3.63) is 45.3 Å². The van der Waals surface area contributed by atoms with Gasteiger partial charge in [0.15, 0.2) is 5.82 Å². The van der Waals surface area contributed by atoms with Gasteiger partial charge in [-0.3, -0.25) is 0 Å². The van der Waals surface area contributed by atoms with E-state index in [1.54, 1.807) is 29.8 Å². The maximum absolute atomic E-state index is 12.2. The number of aryl methyl sites for hydroxylation is 3. The molecule has 0 aliphatic carbocycles. The van der Waals surface area contributed by atoms with E-state index in [4.69, 9.17) is 0 Å². The van der Waals surface area contributed by atoms with E-state index in [9.17, 15) is 8.42 Å². The molecule has 0 radical (unpaired) electrons. The van der Waals surface area contributed by atoms with Gasteiger partial charge in [0.25, 0.3) is 0 Å². The van der Waals surface area contributed by atoms with Gasteiger partial charge in [0.2, 0.25) is 10.0 Å². The predicted molar refractivity (Wildman–Crippen MR) is 109 cm³/mol. The van der Waals surface area contributed by atoms with Crippen LogP contribution in [-0.2, 0) is 10.0 Å². The Balaban J connectivity index is 1.64. The molecule has 0 atom stereocenters. The predicted octanol–water partition coefficient (Wildman–Crippen LogP) is 2.80. The van der Waals surface area contributed by atoms with E-state index in [0.29, 0.717) is 24.0 Å². The number of aromatic nitrogens is 4. The minimum absolute atomic E-state index is 0.232. The maximum atomic E-state index is 12.2. The summed E-state index contributed by atoms with van der Waals surface area (Å²) in [7, 11) is -3.50. The van der Waals surface area contributed by atoms with Gasteiger partial charge in [-0.2, -0.15) is 5.10 Å². The van der Waals surface area contributed by atoms with Crippen molar-refractivity contribution in [3.63, 3.8) is 0 Å². The van der Waals surface area contributed by atoms with Gasteiger partial charge in [-0.05, 0) is 54.9 Å². The Kier molecular flexibility index (Phi) is 5.94. The highest BCUT2D eigenvalue weighted by atomic mass is 79.9. The molecule has 2 N–H and O–H groups in total. The zero-order valence-corrected chi connectivity index (χ0v) is 18.2. The van der Waals surface area contributed by atoms with Crippen LogP contribution in [0.3, 0.4) is 0 Å². The van der Waals surface area contributed by atoms with Crippen molar-refractivity contribution in [2.24, 2.45) is 0 Å². The van der Waals surface area contributed by atoms with Crippen molar-refractivity contribution in [1.82, 2.24) is 24.5 Å². The molecule has 0 spiro atoms. The van der Waals surface area contributed by atoms with Crippen LogP contribution >= 0.6 is 27.3 Å². The Hall–Kier alpha value is -1.82. The Bertz CT molecular complexity index is 1060. The summed E-state index contributed by atoms with van der Waals surface area (Å²) in [5.74, 6) is 1.88. The monoisotopic (exact) mass is 470 g/mol. The fourth-order valence-corrected chi connectivity index (χ4v) is 5.59. The van der Waals surface area contributed by atoms with Crippen molar-refractivity contribution >= 4 is 43.1 Å². The summed E-state index contributed by atoms with van der Waals surface area (Å²) < 4.78 is 29.8. The number of halogens is 1. The maximum Gasteiger partial charge on any atom is 0.250 e. The number of hydrogen-bond donors (Lipinski definition) is 2. The van der Waals surface area contributed by atoms with Gasteiger partial charge in [-0.15, -0.1) is 11.3 Å². The second-order valence-electron chi connectivity index (χ2n) is 5.88. The molecule has 0 aromatic carbocycles. The Morgan fingerprint density at radius 1 is 1.15 bits per heavy atom. The van der Waals surface area contributed by atoms with Crippen molar-refractivity contribution in [3.8, 4) is 5.82 Å². The SMILES string of the molecule is Cc1cc(C)n(-c2cc(NCCNS(=O)(=O)c3ccc(Br)s3)nc(C)n2)n1. The molecule has 8 nitrogen and oxygen atoms in total. The molecule has 0 aliphatic heterocycles. The summed E-state index contributed by atoms with van der Waals surface area (Å²) in [4.78, 5) is 8.77. The summed E-state index contributed by atoms with van der Waals surface area (Å²) >= 11 is 4.44. The molecule has 0 fully saturated rings. The molecule has 3 aromatic rings. The van der Waals surface area contributed by atoms with Crippen molar-refractivity contribution in [1.29, 1.82) is 0 Å². The smallest absolute Gasteiger partial charge is 0.250 e. The van der Waals surface area contributed by atoms with Crippen LogP contribution in [-0.4, -0.2) is 41.3 Å². The first-order chi connectivity index (χ1) is 12.7. The van der Waals surface area contributed by atoms with Gasteiger partial charge >= 0.3 is 0 Å². The second-order valence-corrected chi connectivity index (χ2v) is 10.3. The summed E-state index contributed by atoms with van der Waals surface area (Å²) in [5, 5.41) is 7.56. The lowest BCUT2D eigenvalue weighted by Crippen LogP contribution is -2.28. The molecule has 0 saturated carbocycles.